The number of benzene rings is 2. The minimum Gasteiger partial charge on any atom is -0.353 e. The van der Waals surface area contributed by atoms with E-state index < -0.39 is 0 Å². The van der Waals surface area contributed by atoms with Gasteiger partial charge in [0.05, 0.1) is 4.70 Å². The van der Waals surface area contributed by atoms with Gasteiger partial charge < -0.3 is 10.2 Å². The van der Waals surface area contributed by atoms with Crippen LogP contribution in [-0.2, 0) is 11.2 Å². The van der Waals surface area contributed by atoms with Crippen molar-refractivity contribution in [3.05, 3.63) is 65.7 Å². The second kappa shape index (κ2) is 9.41. The molecule has 6 heteroatoms. The van der Waals surface area contributed by atoms with Crippen molar-refractivity contribution >= 4 is 39.0 Å². The Morgan fingerprint density at radius 2 is 1.97 bits per heavy atom. The molecule has 5 nitrogen and oxygen atoms in total. The first kappa shape index (κ1) is 20.6. The summed E-state index contributed by atoms with van der Waals surface area (Å²) < 4.78 is 5.96. The topological polar surface area (TPSA) is 48.5 Å². The van der Waals surface area contributed by atoms with Gasteiger partial charge in [0.15, 0.2) is 0 Å². The van der Waals surface area contributed by atoms with Gasteiger partial charge >= 0.3 is 0 Å². The molecule has 4 rings (SSSR count). The van der Waals surface area contributed by atoms with Crippen molar-refractivity contribution < 1.29 is 4.79 Å². The van der Waals surface area contributed by atoms with E-state index in [9.17, 15) is 4.79 Å². The van der Waals surface area contributed by atoms with Gasteiger partial charge in [-0.25, -0.2) is 0 Å². The van der Waals surface area contributed by atoms with E-state index >= 15 is 0 Å². The Morgan fingerprint density at radius 3 is 2.73 bits per heavy atom. The molecule has 0 radical (unpaired) electrons. The Kier molecular flexibility index (Phi) is 6.45. The van der Waals surface area contributed by atoms with Crippen molar-refractivity contribution in [2.45, 2.75) is 20.3 Å². The average Bonchev–Trinajstić information content (AvgIpc) is 3.19. The number of anilines is 2. The van der Waals surface area contributed by atoms with Gasteiger partial charge in [0.25, 0.3) is 0 Å². The molecule has 1 amide bonds. The molecule has 1 saturated heterocycles. The van der Waals surface area contributed by atoms with E-state index in [-0.39, 0.29) is 5.91 Å². The summed E-state index contributed by atoms with van der Waals surface area (Å²) in [6.07, 6.45) is 4.31. The number of nitrogens with zero attached hydrogens (tertiary/aromatic N) is 3. The lowest BCUT2D eigenvalue weighted by atomic mass is 10.1. The first-order valence-corrected chi connectivity index (χ1v) is 11.3. The van der Waals surface area contributed by atoms with Crippen molar-refractivity contribution in [2.75, 3.05) is 42.9 Å². The highest BCUT2D eigenvalue weighted by atomic mass is 32.1. The van der Waals surface area contributed by atoms with Crippen molar-refractivity contribution in [3.8, 4) is 0 Å². The smallest absolute Gasteiger partial charge is 0.248 e. The molecule has 1 aliphatic heterocycles. The van der Waals surface area contributed by atoms with Crippen molar-refractivity contribution in [3.63, 3.8) is 0 Å². The van der Waals surface area contributed by atoms with Crippen LogP contribution < -0.4 is 10.2 Å². The molecule has 3 aromatic rings. The number of hydrogen-bond donors (Lipinski definition) is 1. The number of aromatic nitrogens is 1. The lowest BCUT2D eigenvalue weighted by Crippen LogP contribution is -2.47. The molecule has 2 heterocycles. The summed E-state index contributed by atoms with van der Waals surface area (Å²) in [6.45, 7) is 9.09. The summed E-state index contributed by atoms with van der Waals surface area (Å²) in [4.78, 5) is 16.7. The molecule has 0 saturated carbocycles. The summed E-state index contributed by atoms with van der Waals surface area (Å²) >= 11 is 1.59. The zero-order valence-corrected chi connectivity index (χ0v) is 18.4. The van der Waals surface area contributed by atoms with Crippen LogP contribution in [-0.4, -0.2) is 47.9 Å². The van der Waals surface area contributed by atoms with Gasteiger partial charge in [0, 0.05) is 43.8 Å². The summed E-state index contributed by atoms with van der Waals surface area (Å²) in [5, 5.41) is 4.20. The lowest BCUT2D eigenvalue weighted by molar-refractivity contribution is -0.111. The predicted octanol–water partition coefficient (Wildman–Crippen LogP) is 4.48. The van der Waals surface area contributed by atoms with E-state index in [1.54, 1.807) is 23.7 Å². The molecule has 1 fully saturated rings. The number of piperazine rings is 1. The Labute approximate surface area is 182 Å². The number of carbonyl (C=O) groups is 1. The van der Waals surface area contributed by atoms with E-state index in [1.165, 1.54) is 15.6 Å². The van der Waals surface area contributed by atoms with Crippen LogP contribution in [0, 0.1) is 6.92 Å². The SMILES string of the molecule is CC=CC(=O)Nc1ccc(CCN2CCN(c3nsc4ccccc34)CC2)cc1C. The molecule has 1 aromatic heterocycles. The van der Waals surface area contributed by atoms with Crippen LogP contribution in [0.1, 0.15) is 18.1 Å². The van der Waals surface area contributed by atoms with Gasteiger partial charge in [0.1, 0.15) is 5.82 Å². The third-order valence-electron chi connectivity index (χ3n) is 5.61. The Hall–Kier alpha value is -2.70. The third-order valence-corrected chi connectivity index (χ3v) is 6.43. The van der Waals surface area contributed by atoms with E-state index in [0.717, 1.165) is 56.2 Å². The van der Waals surface area contributed by atoms with Crippen molar-refractivity contribution in [1.82, 2.24) is 9.27 Å². The van der Waals surface area contributed by atoms with E-state index in [2.05, 4.69) is 51.5 Å². The highest BCUT2D eigenvalue weighted by molar-refractivity contribution is 7.13. The Morgan fingerprint density at radius 1 is 1.17 bits per heavy atom. The van der Waals surface area contributed by atoms with Crippen LogP contribution in [0.5, 0.6) is 0 Å². The quantitative estimate of drug-likeness (QED) is 0.597. The Balaban J connectivity index is 1.29. The zero-order valence-electron chi connectivity index (χ0n) is 17.6. The van der Waals surface area contributed by atoms with Gasteiger partial charge in [-0.05, 0) is 67.2 Å². The van der Waals surface area contributed by atoms with Crippen LogP contribution in [0.4, 0.5) is 11.5 Å². The van der Waals surface area contributed by atoms with Crippen LogP contribution in [0.3, 0.4) is 0 Å². The van der Waals surface area contributed by atoms with Gasteiger partial charge in [-0.2, -0.15) is 4.37 Å². The van der Waals surface area contributed by atoms with Gasteiger partial charge in [0.2, 0.25) is 5.91 Å². The minimum atomic E-state index is -0.0842. The third kappa shape index (κ3) is 4.71. The van der Waals surface area contributed by atoms with E-state index in [4.69, 9.17) is 4.37 Å². The molecule has 1 N–H and O–H groups in total. The summed E-state index contributed by atoms with van der Waals surface area (Å²) in [5.74, 6) is 1.06. The fraction of sp³-hybridized carbons (Fsp3) is 0.333. The molecule has 0 aliphatic carbocycles. The molecular formula is C24H28N4OS. The van der Waals surface area contributed by atoms with E-state index in [1.807, 2.05) is 19.9 Å². The number of nitrogens with one attached hydrogen (secondary N) is 1. The molecule has 2 aromatic carbocycles. The number of amides is 1. The zero-order chi connectivity index (χ0) is 20.9. The number of aryl methyl sites for hydroxylation is 1. The largest absolute Gasteiger partial charge is 0.353 e. The highest BCUT2D eigenvalue weighted by Gasteiger charge is 2.20. The van der Waals surface area contributed by atoms with Crippen LogP contribution in [0.2, 0.25) is 0 Å². The van der Waals surface area contributed by atoms with Gasteiger partial charge in [-0.3, -0.25) is 9.69 Å². The molecule has 0 spiro atoms. The normalized spacial score (nSPS) is 15.2. The van der Waals surface area contributed by atoms with Gasteiger partial charge in [-0.1, -0.05) is 30.3 Å². The monoisotopic (exact) mass is 420 g/mol. The molecule has 1 aliphatic rings. The molecule has 30 heavy (non-hydrogen) atoms. The van der Waals surface area contributed by atoms with E-state index in [0.29, 0.717) is 0 Å². The maximum absolute atomic E-state index is 11.8. The number of allylic oxidation sites excluding steroid dienone is 1. The summed E-state index contributed by atoms with van der Waals surface area (Å²) in [7, 11) is 0. The fourth-order valence-corrected chi connectivity index (χ4v) is 4.71. The predicted molar refractivity (Wildman–Crippen MR) is 127 cm³/mol. The average molecular weight is 421 g/mol. The maximum atomic E-state index is 11.8. The number of rotatable bonds is 6. The fourth-order valence-electron chi connectivity index (χ4n) is 3.92. The van der Waals surface area contributed by atoms with Crippen molar-refractivity contribution in [2.24, 2.45) is 0 Å². The first-order valence-electron chi connectivity index (χ1n) is 10.5. The summed E-state index contributed by atoms with van der Waals surface area (Å²) in [5.41, 5.74) is 3.29. The molecule has 0 atom stereocenters. The van der Waals surface area contributed by atoms with Crippen LogP contribution in [0.25, 0.3) is 10.1 Å². The number of fused-ring (bicyclic) bond motifs is 1. The highest BCUT2D eigenvalue weighted by Crippen LogP contribution is 2.29. The minimum absolute atomic E-state index is 0.0842. The number of hydrogen-bond acceptors (Lipinski definition) is 5. The standard InChI is InChI=1S/C24H28N4OS/c1-3-6-23(29)25-21-10-9-19(17-18(21)2)11-12-27-13-15-28(16-14-27)24-20-7-4-5-8-22(20)30-26-24/h3-10,17H,11-16H2,1-2H3,(H,25,29). The lowest BCUT2D eigenvalue weighted by Gasteiger charge is -2.35. The van der Waals surface area contributed by atoms with Gasteiger partial charge in [-0.15, -0.1) is 0 Å². The van der Waals surface area contributed by atoms with Crippen LogP contribution in [0.15, 0.2) is 54.6 Å². The molecule has 0 bridgehead atoms. The van der Waals surface area contributed by atoms with Crippen molar-refractivity contribution in [1.29, 1.82) is 0 Å². The second-order valence-electron chi connectivity index (χ2n) is 7.72. The first-order chi connectivity index (χ1) is 14.6. The Bertz CT molecular complexity index is 1050. The maximum Gasteiger partial charge on any atom is 0.248 e. The second-order valence-corrected chi connectivity index (χ2v) is 8.52. The van der Waals surface area contributed by atoms with Crippen LogP contribution >= 0.6 is 11.5 Å². The molecule has 0 unspecified atom stereocenters. The molecular weight excluding hydrogens is 392 g/mol. The molecule has 156 valence electrons. The summed E-state index contributed by atoms with van der Waals surface area (Å²) in [6, 6.07) is 14.8. The number of carbonyl (C=O) groups excluding carboxylic acids is 1.